The number of aromatic nitrogens is 2. The van der Waals surface area contributed by atoms with Crippen LogP contribution in [-0.4, -0.2) is 62.9 Å². The van der Waals surface area contributed by atoms with Gasteiger partial charge in [-0.15, -0.1) is 0 Å². The minimum Gasteiger partial charge on any atom is -0.496 e. The fourth-order valence-corrected chi connectivity index (χ4v) is 5.17. The number of hydrogen-bond acceptors (Lipinski definition) is 9. The van der Waals surface area contributed by atoms with Crippen LogP contribution in [0.15, 0.2) is 36.5 Å². The summed E-state index contributed by atoms with van der Waals surface area (Å²) in [7, 11) is 3.28. The highest BCUT2D eigenvalue weighted by Gasteiger charge is 2.27. The van der Waals surface area contributed by atoms with Crippen molar-refractivity contribution in [1.82, 2.24) is 9.97 Å². The number of carbonyl (C=O) groups is 1. The van der Waals surface area contributed by atoms with E-state index in [1.54, 1.807) is 25.3 Å². The second kappa shape index (κ2) is 12.0. The first kappa shape index (κ1) is 26.8. The lowest BCUT2D eigenvalue weighted by atomic mass is 10.0. The molecule has 2 aromatic carbocycles. The van der Waals surface area contributed by atoms with Crippen LogP contribution in [0.5, 0.6) is 11.5 Å². The molecule has 0 bridgehead atoms. The lowest BCUT2D eigenvalue weighted by molar-refractivity contribution is -0.118. The van der Waals surface area contributed by atoms with Crippen molar-refractivity contribution in [2.24, 2.45) is 0 Å². The smallest absolute Gasteiger partial charge is 0.229 e. The normalized spacial score (nSPS) is 15.4. The number of halogens is 1. The Kier molecular flexibility index (Phi) is 8.23. The van der Waals surface area contributed by atoms with Crippen LogP contribution in [0, 0.1) is 0 Å². The summed E-state index contributed by atoms with van der Waals surface area (Å²) in [5.74, 6) is 2.27. The minimum atomic E-state index is 0.0829. The summed E-state index contributed by atoms with van der Waals surface area (Å²) < 4.78 is 16.8. The Labute approximate surface area is 233 Å². The molecule has 3 aromatic rings. The van der Waals surface area contributed by atoms with Crippen molar-refractivity contribution in [3.8, 4) is 11.5 Å². The predicted octanol–water partition coefficient (Wildman–Crippen LogP) is 5.16. The van der Waals surface area contributed by atoms with Crippen molar-refractivity contribution < 1.29 is 19.0 Å². The number of hydrogen-bond donors (Lipinski definition) is 2. The van der Waals surface area contributed by atoms with E-state index in [9.17, 15) is 4.79 Å². The molecule has 2 aliphatic rings. The molecule has 0 spiro atoms. The third kappa shape index (κ3) is 5.67. The zero-order valence-corrected chi connectivity index (χ0v) is 23.2. The molecule has 0 atom stereocenters. The fraction of sp³-hybridized carbons (Fsp3) is 0.393. The standard InChI is InChI=1S/C28H33ClN6O4/c1-4-35-25(36)7-5-6-19-23(37-2)11-10-22(26(19)35)32-28-30-17-20(29)27(33-28)31-21-9-8-18(16-24(21)38-3)34-12-14-39-15-13-34/h8-11,16-17H,4-7,12-15H2,1-3H3,(H2,30,31,32,33). The van der Waals surface area contributed by atoms with Crippen LogP contribution < -0.4 is 29.9 Å². The second-order valence-corrected chi connectivity index (χ2v) is 9.67. The number of morpholine rings is 1. The fourth-order valence-electron chi connectivity index (χ4n) is 5.03. The number of carbonyl (C=O) groups excluding carboxylic acids is 1. The molecule has 1 aromatic heterocycles. The molecule has 0 unspecified atom stereocenters. The first-order valence-corrected chi connectivity index (χ1v) is 13.5. The van der Waals surface area contributed by atoms with Crippen LogP contribution >= 0.6 is 11.6 Å². The number of fused-ring (bicyclic) bond motifs is 1. The van der Waals surface area contributed by atoms with E-state index >= 15 is 0 Å². The van der Waals surface area contributed by atoms with Gasteiger partial charge in [0.25, 0.3) is 0 Å². The van der Waals surface area contributed by atoms with Crippen LogP contribution in [0.3, 0.4) is 0 Å². The summed E-state index contributed by atoms with van der Waals surface area (Å²) in [5.41, 5.74) is 4.30. The Hall–Kier alpha value is -3.76. The highest BCUT2D eigenvalue weighted by Crippen LogP contribution is 2.41. The highest BCUT2D eigenvalue weighted by atomic mass is 35.5. The van der Waals surface area contributed by atoms with Crippen LogP contribution in [-0.2, 0) is 16.0 Å². The molecule has 0 radical (unpaired) electrons. The van der Waals surface area contributed by atoms with Gasteiger partial charge in [-0.2, -0.15) is 4.98 Å². The van der Waals surface area contributed by atoms with E-state index in [4.69, 9.17) is 25.8 Å². The molecule has 206 valence electrons. The number of anilines is 6. The van der Waals surface area contributed by atoms with E-state index in [0.717, 1.165) is 60.0 Å². The van der Waals surface area contributed by atoms with Gasteiger partial charge in [0.05, 0.1) is 50.7 Å². The molecule has 10 nitrogen and oxygen atoms in total. The van der Waals surface area contributed by atoms with Crippen molar-refractivity contribution in [2.75, 3.05) is 67.5 Å². The van der Waals surface area contributed by atoms with Gasteiger partial charge in [-0.25, -0.2) is 4.98 Å². The van der Waals surface area contributed by atoms with Crippen molar-refractivity contribution in [3.05, 3.63) is 47.1 Å². The average Bonchev–Trinajstić information content (AvgIpc) is 3.14. The maximum Gasteiger partial charge on any atom is 0.229 e. The molecular formula is C28H33ClN6O4. The third-order valence-corrected chi connectivity index (χ3v) is 7.25. The van der Waals surface area contributed by atoms with Crippen molar-refractivity contribution in [3.63, 3.8) is 0 Å². The molecule has 2 N–H and O–H groups in total. The van der Waals surface area contributed by atoms with Gasteiger partial charge in [-0.1, -0.05) is 11.6 Å². The number of nitrogens with zero attached hydrogens (tertiary/aromatic N) is 4. The zero-order chi connectivity index (χ0) is 27.4. The van der Waals surface area contributed by atoms with E-state index in [1.807, 2.05) is 37.3 Å². The molecule has 1 saturated heterocycles. The van der Waals surface area contributed by atoms with Crippen LogP contribution in [0.1, 0.15) is 25.3 Å². The molecule has 0 saturated carbocycles. The van der Waals surface area contributed by atoms with E-state index in [1.165, 1.54) is 0 Å². The molecule has 5 rings (SSSR count). The molecule has 1 amide bonds. The maximum absolute atomic E-state index is 12.9. The van der Waals surface area contributed by atoms with Gasteiger partial charge in [-0.3, -0.25) is 4.79 Å². The summed E-state index contributed by atoms with van der Waals surface area (Å²) in [4.78, 5) is 26.0. The molecule has 0 aliphatic carbocycles. The van der Waals surface area contributed by atoms with Crippen LogP contribution in [0.2, 0.25) is 5.02 Å². The average molecular weight is 553 g/mol. The summed E-state index contributed by atoms with van der Waals surface area (Å²) in [5, 5.41) is 6.96. The van der Waals surface area contributed by atoms with Crippen LogP contribution in [0.4, 0.5) is 34.5 Å². The maximum atomic E-state index is 12.9. The van der Waals surface area contributed by atoms with E-state index in [2.05, 4.69) is 25.5 Å². The summed E-state index contributed by atoms with van der Waals surface area (Å²) in [6.45, 7) is 5.58. The Morgan fingerprint density at radius 1 is 1.03 bits per heavy atom. The number of methoxy groups -OCH3 is 2. The number of amides is 1. The Morgan fingerprint density at radius 3 is 2.54 bits per heavy atom. The van der Waals surface area contributed by atoms with Gasteiger partial charge in [0.15, 0.2) is 5.82 Å². The first-order chi connectivity index (χ1) is 19.0. The van der Waals surface area contributed by atoms with Crippen molar-refractivity contribution >= 4 is 52.0 Å². The van der Waals surface area contributed by atoms with E-state index in [-0.39, 0.29) is 5.91 Å². The Balaban J connectivity index is 1.44. The summed E-state index contributed by atoms with van der Waals surface area (Å²) in [6, 6.07) is 9.76. The summed E-state index contributed by atoms with van der Waals surface area (Å²) >= 11 is 6.49. The topological polar surface area (TPSA) is 101 Å². The Bertz CT molecular complexity index is 1350. The molecule has 1 fully saturated rings. The number of ether oxygens (including phenoxy) is 3. The number of benzene rings is 2. The molecule has 39 heavy (non-hydrogen) atoms. The lowest BCUT2D eigenvalue weighted by Crippen LogP contribution is -2.36. The minimum absolute atomic E-state index is 0.0829. The largest absolute Gasteiger partial charge is 0.496 e. The number of rotatable bonds is 8. The van der Waals surface area contributed by atoms with Crippen LogP contribution in [0.25, 0.3) is 0 Å². The molecule has 11 heteroatoms. The SMILES string of the molecule is CCN1C(=O)CCCc2c(OC)ccc(Nc3ncc(Cl)c(Nc4ccc(N5CCOCC5)cc4OC)n3)c21. The molecular weight excluding hydrogens is 520 g/mol. The first-order valence-electron chi connectivity index (χ1n) is 13.1. The predicted molar refractivity (Wildman–Crippen MR) is 154 cm³/mol. The van der Waals surface area contributed by atoms with Gasteiger partial charge in [0, 0.05) is 43.4 Å². The zero-order valence-electron chi connectivity index (χ0n) is 22.4. The lowest BCUT2D eigenvalue weighted by Gasteiger charge is -2.29. The van der Waals surface area contributed by atoms with Gasteiger partial charge in [0.1, 0.15) is 16.5 Å². The Morgan fingerprint density at radius 2 is 1.79 bits per heavy atom. The van der Waals surface area contributed by atoms with Gasteiger partial charge in [0.2, 0.25) is 11.9 Å². The quantitative estimate of drug-likeness (QED) is 0.392. The van der Waals surface area contributed by atoms with Crippen molar-refractivity contribution in [2.45, 2.75) is 26.2 Å². The molecule has 3 heterocycles. The monoisotopic (exact) mass is 552 g/mol. The summed E-state index contributed by atoms with van der Waals surface area (Å²) in [6.07, 6.45) is 3.53. The van der Waals surface area contributed by atoms with Crippen molar-refractivity contribution in [1.29, 1.82) is 0 Å². The van der Waals surface area contributed by atoms with E-state index in [0.29, 0.717) is 48.7 Å². The second-order valence-electron chi connectivity index (χ2n) is 9.26. The molecule has 2 aliphatic heterocycles. The van der Waals surface area contributed by atoms with E-state index < -0.39 is 0 Å². The number of nitrogens with one attached hydrogen (secondary N) is 2. The third-order valence-electron chi connectivity index (χ3n) is 6.97. The van der Waals surface area contributed by atoms with Gasteiger partial charge < -0.3 is 34.6 Å². The van der Waals surface area contributed by atoms with Gasteiger partial charge >= 0.3 is 0 Å². The van der Waals surface area contributed by atoms with Gasteiger partial charge in [-0.05, 0) is 44.0 Å². The highest BCUT2D eigenvalue weighted by molar-refractivity contribution is 6.33.